The van der Waals surface area contributed by atoms with E-state index in [1.165, 1.54) is 0 Å². The second-order valence-electron chi connectivity index (χ2n) is 5.65. The van der Waals surface area contributed by atoms with Crippen LogP contribution in [-0.2, 0) is 4.79 Å². The van der Waals surface area contributed by atoms with Gasteiger partial charge in [0.05, 0.1) is 6.54 Å². The van der Waals surface area contributed by atoms with E-state index in [4.69, 9.17) is 0 Å². The topological polar surface area (TPSA) is 44.4 Å². The molecule has 0 spiro atoms. The average Bonchev–Trinajstić information content (AvgIpc) is 2.29. The second kappa shape index (κ2) is 7.74. The number of nitrogens with zero attached hydrogens (tertiary/aromatic N) is 1. The summed E-state index contributed by atoms with van der Waals surface area (Å²) in [4.78, 5) is 14.2. The Morgan fingerprint density at radius 2 is 2.22 bits per heavy atom. The minimum absolute atomic E-state index is 0.172. The molecule has 106 valence electrons. The predicted molar refractivity (Wildman–Crippen MR) is 75.6 cm³/mol. The van der Waals surface area contributed by atoms with Crippen molar-refractivity contribution in [1.82, 2.24) is 15.5 Å². The Kier molecular flexibility index (Phi) is 6.65. The summed E-state index contributed by atoms with van der Waals surface area (Å²) >= 11 is 0. The Balaban J connectivity index is 2.29. The third kappa shape index (κ3) is 4.94. The molecule has 1 heterocycles. The fourth-order valence-corrected chi connectivity index (χ4v) is 2.83. The summed E-state index contributed by atoms with van der Waals surface area (Å²) in [5.41, 5.74) is 0. The van der Waals surface area contributed by atoms with E-state index in [1.54, 1.807) is 0 Å². The van der Waals surface area contributed by atoms with Crippen LogP contribution < -0.4 is 10.6 Å². The van der Waals surface area contributed by atoms with Crippen LogP contribution in [0.4, 0.5) is 0 Å². The van der Waals surface area contributed by atoms with Crippen LogP contribution in [0.3, 0.4) is 0 Å². The molecule has 1 amide bonds. The third-order valence-electron chi connectivity index (χ3n) is 3.86. The van der Waals surface area contributed by atoms with Crippen LogP contribution in [0.1, 0.15) is 40.0 Å². The van der Waals surface area contributed by atoms with E-state index >= 15 is 0 Å². The first kappa shape index (κ1) is 15.4. The molecule has 0 aromatic rings. The van der Waals surface area contributed by atoms with Crippen LogP contribution in [0.2, 0.25) is 0 Å². The highest BCUT2D eigenvalue weighted by atomic mass is 16.2. The van der Waals surface area contributed by atoms with Gasteiger partial charge in [-0.3, -0.25) is 9.69 Å². The van der Waals surface area contributed by atoms with Gasteiger partial charge in [0.15, 0.2) is 0 Å². The van der Waals surface area contributed by atoms with E-state index in [0.29, 0.717) is 24.5 Å². The number of carbonyl (C=O) groups is 1. The number of likely N-dealkylation sites (tertiary alicyclic amines) is 1. The molecule has 4 heteroatoms. The van der Waals surface area contributed by atoms with Crippen molar-refractivity contribution in [2.24, 2.45) is 5.92 Å². The van der Waals surface area contributed by atoms with Gasteiger partial charge >= 0.3 is 0 Å². The maximum Gasteiger partial charge on any atom is 0.234 e. The third-order valence-corrected chi connectivity index (χ3v) is 3.86. The lowest BCUT2D eigenvalue weighted by atomic mass is 9.94. The number of carbonyl (C=O) groups excluding carboxylic acids is 1. The Morgan fingerprint density at radius 3 is 2.78 bits per heavy atom. The lowest BCUT2D eigenvalue weighted by Crippen LogP contribution is -2.50. The normalized spacial score (nSPS) is 26.9. The first-order valence-corrected chi connectivity index (χ1v) is 7.25. The number of rotatable bonds is 6. The molecular formula is C14H29N3O. The number of nitrogens with one attached hydrogen (secondary N) is 2. The molecule has 1 fully saturated rings. The van der Waals surface area contributed by atoms with E-state index < -0.39 is 0 Å². The number of hydrogen-bond acceptors (Lipinski definition) is 3. The number of piperidine rings is 1. The van der Waals surface area contributed by atoms with E-state index in [0.717, 1.165) is 32.4 Å². The van der Waals surface area contributed by atoms with Crippen LogP contribution in [0.25, 0.3) is 0 Å². The summed E-state index contributed by atoms with van der Waals surface area (Å²) in [6.45, 7) is 9.07. The summed E-state index contributed by atoms with van der Waals surface area (Å²) in [6, 6.07) is 0.901. The molecule has 0 saturated carbocycles. The highest BCUT2D eigenvalue weighted by Gasteiger charge is 2.25. The van der Waals surface area contributed by atoms with Gasteiger partial charge in [0, 0.05) is 25.2 Å². The van der Waals surface area contributed by atoms with Gasteiger partial charge in [-0.05, 0) is 32.7 Å². The molecule has 1 aliphatic rings. The fourth-order valence-electron chi connectivity index (χ4n) is 2.83. The SMILES string of the molecule is CCCC(C)NC(=O)CN1CCC(NC)C(C)C1. The minimum atomic E-state index is 0.172. The standard InChI is InChI=1S/C14H29N3O/c1-5-6-12(3)16-14(18)10-17-8-7-13(15-4)11(2)9-17/h11-13,15H,5-10H2,1-4H3,(H,16,18). The van der Waals surface area contributed by atoms with Gasteiger partial charge in [-0.1, -0.05) is 20.3 Å². The monoisotopic (exact) mass is 255 g/mol. The molecule has 0 aliphatic carbocycles. The van der Waals surface area contributed by atoms with Gasteiger partial charge in [0.1, 0.15) is 0 Å². The van der Waals surface area contributed by atoms with E-state index in [9.17, 15) is 4.79 Å². The van der Waals surface area contributed by atoms with Gasteiger partial charge < -0.3 is 10.6 Å². The molecule has 0 radical (unpaired) electrons. The van der Waals surface area contributed by atoms with E-state index in [2.05, 4.69) is 36.3 Å². The van der Waals surface area contributed by atoms with Crippen molar-refractivity contribution in [2.75, 3.05) is 26.7 Å². The number of amides is 1. The highest BCUT2D eigenvalue weighted by molar-refractivity contribution is 5.78. The molecule has 0 aromatic carbocycles. The molecule has 3 atom stereocenters. The zero-order valence-corrected chi connectivity index (χ0v) is 12.3. The van der Waals surface area contributed by atoms with Crippen LogP contribution in [-0.4, -0.2) is 49.6 Å². The zero-order valence-electron chi connectivity index (χ0n) is 12.3. The van der Waals surface area contributed by atoms with Crippen LogP contribution in [0, 0.1) is 5.92 Å². The van der Waals surface area contributed by atoms with Crippen molar-refractivity contribution < 1.29 is 4.79 Å². The van der Waals surface area contributed by atoms with Gasteiger partial charge in [-0.25, -0.2) is 0 Å². The highest BCUT2D eigenvalue weighted by Crippen LogP contribution is 2.15. The molecule has 1 rings (SSSR count). The van der Waals surface area contributed by atoms with Crippen LogP contribution >= 0.6 is 0 Å². The smallest absolute Gasteiger partial charge is 0.234 e. The minimum Gasteiger partial charge on any atom is -0.353 e. The van der Waals surface area contributed by atoms with Gasteiger partial charge in [0.25, 0.3) is 0 Å². The molecule has 1 saturated heterocycles. The summed E-state index contributed by atoms with van der Waals surface area (Å²) in [5.74, 6) is 0.788. The molecule has 0 bridgehead atoms. The zero-order chi connectivity index (χ0) is 13.5. The van der Waals surface area contributed by atoms with E-state index in [-0.39, 0.29) is 5.91 Å². The van der Waals surface area contributed by atoms with Gasteiger partial charge in [0.2, 0.25) is 5.91 Å². The predicted octanol–water partition coefficient (Wildman–Crippen LogP) is 1.22. The molecular weight excluding hydrogens is 226 g/mol. The van der Waals surface area contributed by atoms with Gasteiger partial charge in [-0.15, -0.1) is 0 Å². The van der Waals surface area contributed by atoms with Crippen molar-refractivity contribution in [2.45, 2.75) is 52.1 Å². The van der Waals surface area contributed by atoms with Crippen molar-refractivity contribution >= 4 is 5.91 Å². The van der Waals surface area contributed by atoms with Crippen molar-refractivity contribution in [3.63, 3.8) is 0 Å². The van der Waals surface area contributed by atoms with Crippen molar-refractivity contribution in [1.29, 1.82) is 0 Å². The van der Waals surface area contributed by atoms with Gasteiger partial charge in [-0.2, -0.15) is 0 Å². The molecule has 1 aliphatic heterocycles. The molecule has 2 N–H and O–H groups in total. The first-order chi connectivity index (χ1) is 8.56. The molecule has 0 aromatic heterocycles. The summed E-state index contributed by atoms with van der Waals surface area (Å²) < 4.78 is 0. The Morgan fingerprint density at radius 1 is 1.50 bits per heavy atom. The van der Waals surface area contributed by atoms with E-state index in [1.807, 2.05) is 7.05 Å². The Labute approximate surface area is 111 Å². The van der Waals surface area contributed by atoms with Crippen molar-refractivity contribution in [3.05, 3.63) is 0 Å². The Bertz CT molecular complexity index is 257. The maximum atomic E-state index is 11.9. The number of hydrogen-bond donors (Lipinski definition) is 2. The maximum absolute atomic E-state index is 11.9. The molecule has 18 heavy (non-hydrogen) atoms. The largest absolute Gasteiger partial charge is 0.353 e. The lowest BCUT2D eigenvalue weighted by Gasteiger charge is -2.36. The average molecular weight is 255 g/mol. The summed E-state index contributed by atoms with van der Waals surface area (Å²) in [5, 5.41) is 6.42. The quantitative estimate of drug-likeness (QED) is 0.750. The van der Waals surface area contributed by atoms with Crippen LogP contribution in [0.5, 0.6) is 0 Å². The lowest BCUT2D eigenvalue weighted by molar-refractivity contribution is -0.123. The second-order valence-corrected chi connectivity index (χ2v) is 5.65. The Hall–Kier alpha value is -0.610. The summed E-state index contributed by atoms with van der Waals surface area (Å²) in [7, 11) is 2.02. The first-order valence-electron chi connectivity index (χ1n) is 7.25. The fraction of sp³-hybridized carbons (Fsp3) is 0.929. The molecule has 4 nitrogen and oxygen atoms in total. The molecule has 3 unspecified atom stereocenters. The van der Waals surface area contributed by atoms with Crippen LogP contribution in [0.15, 0.2) is 0 Å². The van der Waals surface area contributed by atoms with Crippen molar-refractivity contribution in [3.8, 4) is 0 Å². The summed E-state index contributed by atoms with van der Waals surface area (Å²) in [6.07, 6.45) is 3.31.